The molecule has 3 rings (SSSR count). The van der Waals surface area contributed by atoms with Gasteiger partial charge in [-0.05, 0) is 17.5 Å². The van der Waals surface area contributed by atoms with Crippen LogP contribution < -0.4 is 0 Å². The van der Waals surface area contributed by atoms with Crippen LogP contribution in [0.2, 0.25) is 0 Å². The van der Waals surface area contributed by atoms with E-state index < -0.39 is 18.7 Å². The number of hydrogen-bond acceptors (Lipinski definition) is 6. The van der Waals surface area contributed by atoms with E-state index >= 15 is 0 Å². The van der Waals surface area contributed by atoms with Gasteiger partial charge in [-0.15, -0.1) is 11.3 Å². The van der Waals surface area contributed by atoms with Gasteiger partial charge in [-0.2, -0.15) is 18.2 Å². The Hall–Kier alpha value is -2.00. The van der Waals surface area contributed by atoms with Crippen molar-refractivity contribution < 1.29 is 22.8 Å². The molecule has 9 heteroatoms. The number of aromatic nitrogens is 3. The molecule has 1 unspecified atom stereocenters. The molecule has 1 N–H and O–H groups in total. The number of pyridine rings is 1. The highest BCUT2D eigenvalue weighted by Gasteiger charge is 2.39. The highest BCUT2D eigenvalue weighted by Crippen LogP contribution is 2.26. The lowest BCUT2D eigenvalue weighted by molar-refractivity contribution is -0.204. The van der Waals surface area contributed by atoms with Crippen molar-refractivity contribution in [1.29, 1.82) is 0 Å². The van der Waals surface area contributed by atoms with E-state index in [2.05, 4.69) is 15.1 Å². The first-order chi connectivity index (χ1) is 9.93. The zero-order chi connectivity index (χ0) is 15.0. The molecule has 110 valence electrons. The van der Waals surface area contributed by atoms with Crippen molar-refractivity contribution in [3.63, 3.8) is 0 Å². The van der Waals surface area contributed by atoms with Crippen molar-refractivity contribution in [1.82, 2.24) is 15.1 Å². The molecule has 0 bridgehead atoms. The minimum atomic E-state index is -4.72. The molecule has 0 fully saturated rings. The van der Waals surface area contributed by atoms with Gasteiger partial charge in [0.1, 0.15) is 0 Å². The molecule has 3 aromatic rings. The molecule has 0 saturated carbocycles. The van der Waals surface area contributed by atoms with Gasteiger partial charge in [0.05, 0.1) is 16.6 Å². The first-order valence-corrected chi connectivity index (χ1v) is 6.72. The number of rotatable bonds is 3. The Balaban J connectivity index is 1.84. The summed E-state index contributed by atoms with van der Waals surface area (Å²) in [6.07, 6.45) is -6.50. The first kappa shape index (κ1) is 14.0. The van der Waals surface area contributed by atoms with E-state index in [1.54, 1.807) is 6.07 Å². The second-order valence-electron chi connectivity index (χ2n) is 4.30. The van der Waals surface area contributed by atoms with Crippen LogP contribution in [0.25, 0.3) is 21.6 Å². The Labute approximate surface area is 120 Å². The number of hydrogen-bond donors (Lipinski definition) is 1. The SMILES string of the molecule is OC(Cc1nc(-c2cnc3ccsc3c2)no1)C(F)(F)F. The summed E-state index contributed by atoms with van der Waals surface area (Å²) in [5.74, 6) is -0.136. The summed E-state index contributed by atoms with van der Waals surface area (Å²) in [5, 5.41) is 14.5. The third kappa shape index (κ3) is 2.88. The highest BCUT2D eigenvalue weighted by molar-refractivity contribution is 7.17. The van der Waals surface area contributed by atoms with Crippen LogP contribution >= 0.6 is 11.3 Å². The van der Waals surface area contributed by atoms with Crippen LogP contribution in [-0.4, -0.2) is 32.5 Å². The number of alkyl halides is 3. The third-order valence-electron chi connectivity index (χ3n) is 2.77. The zero-order valence-corrected chi connectivity index (χ0v) is 11.1. The number of halogens is 3. The Morgan fingerprint density at radius 2 is 2.19 bits per heavy atom. The number of thiophene rings is 1. The second kappa shape index (κ2) is 5.08. The van der Waals surface area contributed by atoms with Crippen molar-refractivity contribution >= 4 is 21.6 Å². The zero-order valence-electron chi connectivity index (χ0n) is 10.3. The quantitative estimate of drug-likeness (QED) is 0.804. The number of aliphatic hydroxyl groups excluding tert-OH is 1. The van der Waals surface area contributed by atoms with Gasteiger partial charge in [0.25, 0.3) is 0 Å². The molecule has 0 aliphatic heterocycles. The fraction of sp³-hybridized carbons (Fsp3) is 0.250. The van der Waals surface area contributed by atoms with Gasteiger partial charge in [0.2, 0.25) is 11.7 Å². The van der Waals surface area contributed by atoms with Crippen molar-refractivity contribution in [2.75, 3.05) is 0 Å². The number of fused-ring (bicyclic) bond motifs is 1. The molecule has 0 aliphatic rings. The predicted molar refractivity (Wildman–Crippen MR) is 68.7 cm³/mol. The summed E-state index contributed by atoms with van der Waals surface area (Å²) in [7, 11) is 0. The summed E-state index contributed by atoms with van der Waals surface area (Å²) >= 11 is 1.48. The average molecular weight is 315 g/mol. The summed E-state index contributed by atoms with van der Waals surface area (Å²) < 4.78 is 42.4. The van der Waals surface area contributed by atoms with Crippen molar-refractivity contribution in [3.8, 4) is 11.4 Å². The van der Waals surface area contributed by atoms with Crippen LogP contribution in [0.3, 0.4) is 0 Å². The van der Waals surface area contributed by atoms with E-state index in [-0.39, 0.29) is 11.7 Å². The van der Waals surface area contributed by atoms with E-state index in [4.69, 9.17) is 9.63 Å². The molecule has 3 heterocycles. The molecule has 0 spiro atoms. The van der Waals surface area contributed by atoms with Crippen LogP contribution in [0, 0.1) is 0 Å². The van der Waals surface area contributed by atoms with Gasteiger partial charge in [-0.3, -0.25) is 4.98 Å². The summed E-state index contributed by atoms with van der Waals surface area (Å²) in [4.78, 5) is 8.04. The Bertz CT molecular complexity index is 768. The summed E-state index contributed by atoms with van der Waals surface area (Å²) in [6, 6.07) is 3.63. The minimum absolute atomic E-state index is 0.141. The molecular formula is C12H8F3N3O2S. The molecule has 21 heavy (non-hydrogen) atoms. The average Bonchev–Trinajstić information content (AvgIpc) is 3.04. The molecule has 0 aromatic carbocycles. The standard InChI is InChI=1S/C12H8F3N3O2S/c13-12(14,15)9(19)4-10-17-11(18-20-10)6-3-8-7(16-5-6)1-2-21-8/h1-3,5,9,19H,4H2. The molecule has 0 saturated heterocycles. The lowest BCUT2D eigenvalue weighted by Gasteiger charge is -2.11. The fourth-order valence-electron chi connectivity index (χ4n) is 1.70. The summed E-state index contributed by atoms with van der Waals surface area (Å²) in [6.45, 7) is 0. The van der Waals surface area contributed by atoms with Gasteiger partial charge in [-0.1, -0.05) is 5.16 Å². The van der Waals surface area contributed by atoms with E-state index in [0.717, 1.165) is 10.2 Å². The smallest absolute Gasteiger partial charge is 0.383 e. The largest absolute Gasteiger partial charge is 0.414 e. The van der Waals surface area contributed by atoms with E-state index in [9.17, 15) is 13.2 Å². The topological polar surface area (TPSA) is 72.0 Å². The fourth-order valence-corrected chi connectivity index (χ4v) is 2.48. The maximum atomic E-state index is 12.3. The Kier molecular flexibility index (Phi) is 3.38. The van der Waals surface area contributed by atoms with E-state index in [1.807, 2.05) is 11.4 Å². The molecule has 5 nitrogen and oxygen atoms in total. The Morgan fingerprint density at radius 1 is 1.38 bits per heavy atom. The molecule has 0 amide bonds. The maximum absolute atomic E-state index is 12.3. The lowest BCUT2D eigenvalue weighted by atomic mass is 10.2. The van der Waals surface area contributed by atoms with Gasteiger partial charge in [0.15, 0.2) is 6.10 Å². The van der Waals surface area contributed by atoms with Crippen LogP contribution in [0.1, 0.15) is 5.89 Å². The van der Waals surface area contributed by atoms with Gasteiger partial charge >= 0.3 is 6.18 Å². The third-order valence-corrected chi connectivity index (χ3v) is 3.63. The second-order valence-corrected chi connectivity index (χ2v) is 5.25. The maximum Gasteiger partial charge on any atom is 0.414 e. The van der Waals surface area contributed by atoms with Crippen LogP contribution in [0.15, 0.2) is 28.2 Å². The van der Waals surface area contributed by atoms with E-state index in [0.29, 0.717) is 5.56 Å². The lowest BCUT2D eigenvalue weighted by Crippen LogP contribution is -2.30. The number of nitrogens with zero attached hydrogens (tertiary/aromatic N) is 3. The predicted octanol–water partition coefficient (Wildman–Crippen LogP) is 2.81. The minimum Gasteiger partial charge on any atom is -0.383 e. The van der Waals surface area contributed by atoms with Gasteiger partial charge in [-0.25, -0.2) is 0 Å². The first-order valence-electron chi connectivity index (χ1n) is 5.84. The van der Waals surface area contributed by atoms with Crippen molar-refractivity contribution in [3.05, 3.63) is 29.6 Å². The molecular weight excluding hydrogens is 307 g/mol. The van der Waals surface area contributed by atoms with Crippen molar-refractivity contribution in [2.24, 2.45) is 0 Å². The van der Waals surface area contributed by atoms with Gasteiger partial charge in [0, 0.05) is 11.8 Å². The molecule has 0 radical (unpaired) electrons. The molecule has 1 atom stereocenters. The summed E-state index contributed by atoms with van der Waals surface area (Å²) in [5.41, 5.74) is 1.36. The van der Waals surface area contributed by atoms with Gasteiger partial charge < -0.3 is 9.63 Å². The van der Waals surface area contributed by atoms with Crippen molar-refractivity contribution in [2.45, 2.75) is 18.7 Å². The molecule has 3 aromatic heterocycles. The van der Waals surface area contributed by atoms with Crippen LogP contribution in [0.4, 0.5) is 13.2 Å². The van der Waals surface area contributed by atoms with Crippen LogP contribution in [-0.2, 0) is 6.42 Å². The van der Waals surface area contributed by atoms with Crippen LogP contribution in [0.5, 0.6) is 0 Å². The highest BCUT2D eigenvalue weighted by atomic mass is 32.1. The Morgan fingerprint density at radius 3 is 2.95 bits per heavy atom. The monoisotopic (exact) mass is 315 g/mol. The normalized spacial score (nSPS) is 13.7. The number of aliphatic hydroxyl groups is 1. The molecule has 0 aliphatic carbocycles. The van der Waals surface area contributed by atoms with E-state index in [1.165, 1.54) is 17.5 Å².